The summed E-state index contributed by atoms with van der Waals surface area (Å²) in [7, 11) is -8.37. The Morgan fingerprint density at radius 3 is 1.08 bits per heavy atom. The van der Waals surface area contributed by atoms with Crippen LogP contribution in [-0.4, -0.2) is 35.9 Å². The molecule has 12 aromatic rings. The first-order valence-electron chi connectivity index (χ1n) is 22.8. The number of fused-ring (bicyclic) bond motifs is 16. The lowest BCUT2D eigenvalue weighted by Crippen LogP contribution is -2.26. The zero-order valence-electron chi connectivity index (χ0n) is 37.1. The van der Waals surface area contributed by atoms with Crippen LogP contribution in [0.3, 0.4) is 0 Å². The normalized spacial score (nSPS) is 13.5. The molecule has 0 N–H and O–H groups in total. The zero-order valence-corrected chi connectivity index (χ0v) is 40.3. The summed E-state index contributed by atoms with van der Waals surface area (Å²) >= 11 is 12.4. The van der Waals surface area contributed by atoms with Gasteiger partial charge in [-0.3, -0.25) is 0 Å². The van der Waals surface area contributed by atoms with Gasteiger partial charge < -0.3 is 9.13 Å². The van der Waals surface area contributed by atoms with Gasteiger partial charge in [-0.05, 0) is 142 Å². The number of hydrogen-bond acceptors (Lipinski definition) is 6. The number of benzene rings is 8. The summed E-state index contributed by atoms with van der Waals surface area (Å²) in [6, 6.07) is 62.7. The number of aromatic nitrogens is 4. The molecule has 2 aliphatic rings. The van der Waals surface area contributed by atoms with E-state index in [1.54, 1.807) is 24.3 Å². The average Bonchev–Trinajstić information content (AvgIpc) is 4.10. The number of para-hydroxylation sites is 4. The van der Waals surface area contributed by atoms with E-state index in [4.69, 9.17) is 23.2 Å². The summed E-state index contributed by atoms with van der Waals surface area (Å²) < 4.78 is 63.2. The van der Waals surface area contributed by atoms with Gasteiger partial charge in [0.1, 0.15) is 0 Å². The third-order valence-corrected chi connectivity index (χ3v) is 18.2. The van der Waals surface area contributed by atoms with Crippen molar-refractivity contribution in [2.24, 2.45) is 0 Å². The van der Waals surface area contributed by atoms with E-state index in [0.29, 0.717) is 21.2 Å². The Kier molecular flexibility index (Phi) is 8.93. The van der Waals surface area contributed by atoms with E-state index >= 15 is 0 Å². The van der Waals surface area contributed by atoms with Crippen molar-refractivity contribution >= 4 is 86.5 Å². The van der Waals surface area contributed by atoms with Crippen molar-refractivity contribution in [2.45, 2.75) is 25.3 Å². The summed E-state index contributed by atoms with van der Waals surface area (Å²) in [6.07, 6.45) is 2.65. The van der Waals surface area contributed by atoms with Gasteiger partial charge in [-0.1, -0.05) is 120 Å². The van der Waals surface area contributed by atoms with Gasteiger partial charge >= 0.3 is 0 Å². The third kappa shape index (κ3) is 5.84. The number of rotatable bonds is 6. The number of pyridine rings is 2. The molecule has 0 fully saturated rings. The van der Waals surface area contributed by atoms with Crippen molar-refractivity contribution in [3.63, 3.8) is 0 Å². The topological polar surface area (TPSA) is 104 Å². The first-order valence-corrected chi connectivity index (χ1v) is 26.5. The molecule has 340 valence electrons. The van der Waals surface area contributed by atoms with Crippen molar-refractivity contribution in [3.05, 3.63) is 239 Å². The Hall–Kier alpha value is -7.86. The van der Waals surface area contributed by atoms with Gasteiger partial charge in [-0.15, -0.1) is 0 Å². The van der Waals surface area contributed by atoms with Crippen LogP contribution >= 0.6 is 23.2 Å². The van der Waals surface area contributed by atoms with E-state index in [9.17, 15) is 16.8 Å². The van der Waals surface area contributed by atoms with Gasteiger partial charge in [-0.2, -0.15) is 0 Å². The molecule has 0 aliphatic heterocycles. The van der Waals surface area contributed by atoms with E-state index in [2.05, 4.69) is 153 Å². The van der Waals surface area contributed by atoms with Crippen LogP contribution in [0.4, 0.5) is 0 Å². The summed E-state index contributed by atoms with van der Waals surface area (Å²) in [5, 5.41) is 4.84. The van der Waals surface area contributed by atoms with Crippen molar-refractivity contribution in [1.29, 1.82) is 0 Å². The molecule has 2 aliphatic carbocycles. The van der Waals surface area contributed by atoms with Crippen molar-refractivity contribution < 1.29 is 16.8 Å². The highest BCUT2D eigenvalue weighted by Gasteiger charge is 2.53. The molecular formula is C59H34Cl2N4O4S2. The minimum absolute atomic E-state index is 0.0373. The standard InChI is InChI=1S/C59H34Cl2N4O4S2/c60-35-17-27-57(62-33-35)70(66,67)39-21-23-41-42-24-22-40(71(68,69)58-28-18-36(61)34-63-58)32-52(42)59(51(41)31-39)49-25-19-37(64-53-13-5-1-9-43(53)44-10-2-6-14-54(44)64)29-47(49)48-30-38(20-26-50(48)59)65-55-15-7-3-11-45(55)46-12-4-8-16-56(46)65/h1-34H. The molecule has 71 heavy (non-hydrogen) atoms. The number of halogens is 2. The molecule has 8 aromatic carbocycles. The van der Waals surface area contributed by atoms with Gasteiger partial charge in [0.25, 0.3) is 0 Å². The highest BCUT2D eigenvalue weighted by molar-refractivity contribution is 7.91. The molecule has 0 unspecified atom stereocenters. The van der Waals surface area contributed by atoms with Crippen molar-refractivity contribution in [2.75, 3.05) is 0 Å². The lowest BCUT2D eigenvalue weighted by atomic mass is 9.70. The van der Waals surface area contributed by atoms with Crippen LogP contribution in [0.1, 0.15) is 22.3 Å². The van der Waals surface area contributed by atoms with Gasteiger partial charge in [0, 0.05) is 45.3 Å². The van der Waals surface area contributed by atoms with Crippen LogP contribution in [0.25, 0.3) is 77.2 Å². The summed E-state index contributed by atoms with van der Waals surface area (Å²) in [5.41, 5.74) is 11.3. The van der Waals surface area contributed by atoms with Crippen LogP contribution in [0.5, 0.6) is 0 Å². The summed E-state index contributed by atoms with van der Waals surface area (Å²) in [6.45, 7) is 0. The molecule has 8 nitrogen and oxygen atoms in total. The van der Waals surface area contributed by atoms with E-state index in [1.807, 2.05) is 12.1 Å². The maximum absolute atomic E-state index is 14.7. The molecule has 4 heterocycles. The maximum Gasteiger partial charge on any atom is 0.223 e. The monoisotopic (exact) mass is 996 g/mol. The minimum atomic E-state index is -4.18. The van der Waals surface area contributed by atoms with Gasteiger partial charge in [-0.25, -0.2) is 26.8 Å². The second kappa shape index (κ2) is 15.1. The number of sulfone groups is 2. The summed E-state index contributed by atoms with van der Waals surface area (Å²) in [5.74, 6) is 0. The third-order valence-electron chi connectivity index (χ3n) is 14.4. The first kappa shape index (κ1) is 42.1. The Balaban J connectivity index is 1.10. The van der Waals surface area contributed by atoms with Crippen LogP contribution in [-0.2, 0) is 25.1 Å². The van der Waals surface area contributed by atoms with Crippen molar-refractivity contribution in [3.8, 4) is 33.6 Å². The fourth-order valence-corrected chi connectivity index (χ4v) is 14.1. The van der Waals surface area contributed by atoms with Crippen LogP contribution < -0.4 is 0 Å². The van der Waals surface area contributed by atoms with Gasteiger partial charge in [0.05, 0.1) is 47.3 Å². The number of nitrogens with zero attached hydrogens (tertiary/aromatic N) is 4. The molecule has 0 atom stereocenters. The predicted octanol–water partition coefficient (Wildman–Crippen LogP) is 14.0. The minimum Gasteiger partial charge on any atom is -0.309 e. The Morgan fingerprint density at radius 1 is 0.366 bits per heavy atom. The highest BCUT2D eigenvalue weighted by Crippen LogP contribution is 2.64. The molecule has 0 saturated heterocycles. The number of hydrogen-bond donors (Lipinski definition) is 0. The maximum atomic E-state index is 14.7. The average molecular weight is 998 g/mol. The Morgan fingerprint density at radius 2 is 0.732 bits per heavy atom. The van der Waals surface area contributed by atoms with E-state index in [0.717, 1.165) is 88.4 Å². The van der Waals surface area contributed by atoms with E-state index in [-0.39, 0.29) is 19.8 Å². The molecule has 0 bridgehead atoms. The molecule has 14 rings (SSSR count). The second-order valence-electron chi connectivity index (χ2n) is 18.0. The van der Waals surface area contributed by atoms with Crippen LogP contribution in [0.15, 0.2) is 226 Å². The Labute approximate surface area is 417 Å². The van der Waals surface area contributed by atoms with E-state index < -0.39 is 25.1 Å². The summed E-state index contributed by atoms with van der Waals surface area (Å²) in [4.78, 5) is 8.56. The molecular weight excluding hydrogens is 964 g/mol. The van der Waals surface area contributed by atoms with E-state index in [1.165, 1.54) is 36.7 Å². The van der Waals surface area contributed by atoms with Crippen LogP contribution in [0, 0.1) is 0 Å². The first-order chi connectivity index (χ1) is 34.5. The lowest BCUT2D eigenvalue weighted by molar-refractivity contribution is 0.591. The quantitative estimate of drug-likeness (QED) is 0.164. The van der Waals surface area contributed by atoms with Crippen LogP contribution in [0.2, 0.25) is 10.0 Å². The lowest BCUT2D eigenvalue weighted by Gasteiger charge is -2.31. The molecule has 0 radical (unpaired) electrons. The fraction of sp³-hybridized carbons (Fsp3) is 0.0169. The molecule has 0 saturated carbocycles. The fourth-order valence-electron chi connectivity index (χ4n) is 11.5. The molecule has 4 aromatic heterocycles. The van der Waals surface area contributed by atoms with Crippen molar-refractivity contribution in [1.82, 2.24) is 19.1 Å². The largest absolute Gasteiger partial charge is 0.309 e. The Bertz CT molecular complexity index is 4130. The second-order valence-corrected chi connectivity index (χ2v) is 22.7. The van der Waals surface area contributed by atoms with Gasteiger partial charge in [0.15, 0.2) is 10.1 Å². The highest BCUT2D eigenvalue weighted by atomic mass is 35.5. The predicted molar refractivity (Wildman–Crippen MR) is 281 cm³/mol. The molecule has 12 heteroatoms. The van der Waals surface area contributed by atoms with Gasteiger partial charge in [0.2, 0.25) is 19.7 Å². The molecule has 0 amide bonds. The molecule has 1 spiro atoms. The smallest absolute Gasteiger partial charge is 0.223 e. The zero-order chi connectivity index (χ0) is 48.0. The SMILES string of the molecule is O=S(=O)(c1ccc2c(c1)C1(c3ccc(-n4c5ccccc5c5ccccc54)cc3-c3cc(-n4c5ccccc5c5ccccc54)ccc31)c1cc(S(=O)(=O)c3ccc(Cl)cn3)ccc1-2)c1ccc(Cl)cn1.